The molecule has 1 saturated carbocycles. The first-order valence-corrected chi connectivity index (χ1v) is 13.1. The number of hydrogen-bond donors (Lipinski definition) is 0. The minimum absolute atomic E-state index is 0.270. The molecule has 0 bridgehead atoms. The van der Waals surface area contributed by atoms with E-state index in [0.29, 0.717) is 13.1 Å². The van der Waals surface area contributed by atoms with Gasteiger partial charge in [0, 0.05) is 0 Å². The molecule has 3 aromatic rings. The lowest BCUT2D eigenvalue weighted by Crippen LogP contribution is -2.39. The van der Waals surface area contributed by atoms with E-state index in [1.54, 1.807) is 0 Å². The summed E-state index contributed by atoms with van der Waals surface area (Å²) < 4.78 is 9.35. The lowest BCUT2D eigenvalue weighted by molar-refractivity contribution is -0.192. The van der Waals surface area contributed by atoms with Crippen molar-refractivity contribution < 1.29 is 4.89 Å². The highest BCUT2D eigenvalue weighted by atomic mass is 31.2. The molecule has 1 saturated heterocycles. The highest BCUT2D eigenvalue weighted by Crippen LogP contribution is 2.68. The van der Waals surface area contributed by atoms with Gasteiger partial charge < -0.3 is 4.89 Å². The standard InChI is InChI=1S/C27H30N3OP/c31-32(28-20-23-12-4-1-5-13-23)29(21-24-14-6-2-7-15-24)26-18-10-11-19-27(26)30(32)22-25-16-8-3-9-17-25/h1-9,12-17,20,26-27H,10-11,18-19,21-22H2/b28-20-/t26-,27-/m1/s1. The molecule has 1 heterocycles. The summed E-state index contributed by atoms with van der Waals surface area (Å²) in [5, 5.41) is 0. The largest absolute Gasteiger partial charge is 0.630 e. The van der Waals surface area contributed by atoms with Crippen LogP contribution in [-0.2, 0) is 13.1 Å². The van der Waals surface area contributed by atoms with E-state index >= 15 is 0 Å². The molecule has 0 N–H and O–H groups in total. The van der Waals surface area contributed by atoms with E-state index in [2.05, 4.69) is 57.9 Å². The predicted octanol–water partition coefficient (Wildman–Crippen LogP) is 5.47. The average Bonchev–Trinajstić information content (AvgIpc) is 3.08. The Bertz CT molecular complexity index is 971. The number of rotatable bonds is 6. The van der Waals surface area contributed by atoms with Crippen molar-refractivity contribution >= 4 is 14.2 Å². The molecule has 32 heavy (non-hydrogen) atoms. The van der Waals surface area contributed by atoms with E-state index in [0.717, 1.165) is 18.4 Å². The predicted molar refractivity (Wildman–Crippen MR) is 131 cm³/mol. The Kier molecular flexibility index (Phi) is 6.47. The summed E-state index contributed by atoms with van der Waals surface area (Å²) in [6, 6.07) is 31.4. The van der Waals surface area contributed by atoms with Crippen molar-refractivity contribution in [2.24, 2.45) is 4.76 Å². The van der Waals surface area contributed by atoms with Gasteiger partial charge in [0.25, 0.3) is 0 Å². The van der Waals surface area contributed by atoms with Crippen LogP contribution in [0.5, 0.6) is 0 Å². The van der Waals surface area contributed by atoms with E-state index in [-0.39, 0.29) is 12.1 Å². The van der Waals surface area contributed by atoms with Crippen LogP contribution in [0.2, 0.25) is 0 Å². The summed E-state index contributed by atoms with van der Waals surface area (Å²) in [7, 11) is -3.16. The van der Waals surface area contributed by atoms with Crippen LogP contribution >= 0.6 is 7.94 Å². The summed E-state index contributed by atoms with van der Waals surface area (Å²) in [6.07, 6.45) is 6.34. The summed E-state index contributed by atoms with van der Waals surface area (Å²) in [5.41, 5.74) is 3.36. The summed E-state index contributed by atoms with van der Waals surface area (Å²) in [4.78, 5) is 14.9. The van der Waals surface area contributed by atoms with Crippen LogP contribution in [0.15, 0.2) is 95.8 Å². The average molecular weight is 444 g/mol. The SMILES string of the molecule is [O-][P+]1(/N=C\c2ccccc2)N(Cc2ccccc2)[C@@H]2CCCC[C@H]2N1Cc1ccccc1. The molecule has 0 amide bonds. The number of fused-ring (bicyclic) bond motifs is 1. The van der Waals surface area contributed by atoms with Gasteiger partial charge >= 0.3 is 0 Å². The van der Waals surface area contributed by atoms with Crippen LogP contribution in [0.3, 0.4) is 0 Å². The van der Waals surface area contributed by atoms with Gasteiger partial charge in [-0.3, -0.25) is 0 Å². The van der Waals surface area contributed by atoms with Gasteiger partial charge in [-0.25, -0.2) is 0 Å². The summed E-state index contributed by atoms with van der Waals surface area (Å²) >= 11 is 0. The second kappa shape index (κ2) is 9.64. The normalized spacial score (nSPS) is 23.4. The Hall–Kier alpha value is -2.36. The molecule has 1 aliphatic heterocycles. The summed E-state index contributed by atoms with van der Waals surface area (Å²) in [6.45, 7) is 1.33. The zero-order valence-electron chi connectivity index (χ0n) is 18.3. The molecule has 2 aliphatic rings. The molecule has 5 rings (SSSR count). The fraction of sp³-hybridized carbons (Fsp3) is 0.296. The topological polar surface area (TPSA) is 41.9 Å². The maximum absolute atomic E-state index is 14.9. The van der Waals surface area contributed by atoms with Crippen molar-refractivity contribution in [2.75, 3.05) is 0 Å². The molecule has 1 aliphatic carbocycles. The third kappa shape index (κ3) is 4.42. The van der Waals surface area contributed by atoms with E-state index in [1.807, 2.05) is 48.7 Å². The van der Waals surface area contributed by atoms with E-state index < -0.39 is 7.94 Å². The summed E-state index contributed by atoms with van der Waals surface area (Å²) in [5.74, 6) is 0. The third-order valence-electron chi connectivity index (χ3n) is 6.66. The first kappa shape index (κ1) is 21.5. The molecule has 5 heteroatoms. The fourth-order valence-corrected chi connectivity index (χ4v) is 7.95. The smallest absolute Gasteiger partial charge is 0.238 e. The van der Waals surface area contributed by atoms with E-state index in [4.69, 9.17) is 4.76 Å². The lowest BCUT2D eigenvalue weighted by atomic mass is 9.90. The van der Waals surface area contributed by atoms with Crippen molar-refractivity contribution in [1.29, 1.82) is 0 Å². The van der Waals surface area contributed by atoms with Gasteiger partial charge in [0.05, 0.1) is 31.4 Å². The minimum Gasteiger partial charge on any atom is -0.630 e. The molecule has 2 atom stereocenters. The molecule has 0 spiro atoms. The van der Waals surface area contributed by atoms with Crippen molar-refractivity contribution in [2.45, 2.75) is 50.9 Å². The minimum atomic E-state index is -3.16. The molecular formula is C27H30N3OP. The third-order valence-corrected chi connectivity index (χ3v) is 9.29. The zero-order valence-corrected chi connectivity index (χ0v) is 19.2. The van der Waals surface area contributed by atoms with Crippen LogP contribution < -0.4 is 4.89 Å². The first-order chi connectivity index (χ1) is 15.7. The zero-order chi connectivity index (χ0) is 21.8. The first-order valence-electron chi connectivity index (χ1n) is 11.6. The van der Waals surface area contributed by atoms with Crippen LogP contribution in [0.25, 0.3) is 0 Å². The fourth-order valence-electron chi connectivity index (χ4n) is 5.09. The Morgan fingerprint density at radius 3 is 1.62 bits per heavy atom. The number of nitrogens with zero attached hydrogens (tertiary/aromatic N) is 3. The molecule has 4 nitrogen and oxygen atoms in total. The Morgan fingerprint density at radius 1 is 0.719 bits per heavy atom. The molecule has 0 aromatic heterocycles. The molecule has 0 radical (unpaired) electrons. The van der Waals surface area contributed by atoms with Crippen LogP contribution in [0.1, 0.15) is 42.4 Å². The van der Waals surface area contributed by atoms with Gasteiger partial charge in [0.2, 0.25) is 7.94 Å². The second-order valence-corrected chi connectivity index (χ2v) is 11.0. The van der Waals surface area contributed by atoms with E-state index in [9.17, 15) is 4.89 Å². The van der Waals surface area contributed by atoms with E-state index in [1.165, 1.54) is 24.0 Å². The second-order valence-electron chi connectivity index (χ2n) is 8.75. The number of benzene rings is 3. The van der Waals surface area contributed by atoms with Crippen LogP contribution in [-0.4, -0.2) is 27.6 Å². The number of hydrogen-bond acceptors (Lipinski definition) is 4. The van der Waals surface area contributed by atoms with Gasteiger partial charge in [0.15, 0.2) is 0 Å². The monoisotopic (exact) mass is 443 g/mol. The Labute approximate surface area is 191 Å². The maximum Gasteiger partial charge on any atom is 0.238 e. The van der Waals surface area contributed by atoms with Gasteiger partial charge in [-0.2, -0.15) is 0 Å². The van der Waals surface area contributed by atoms with Gasteiger partial charge in [-0.15, -0.1) is 14.1 Å². The van der Waals surface area contributed by atoms with Gasteiger partial charge in [-0.1, -0.05) is 104 Å². The van der Waals surface area contributed by atoms with Gasteiger partial charge in [-0.05, 0) is 29.5 Å². The molecule has 0 unspecified atom stereocenters. The van der Waals surface area contributed by atoms with Crippen molar-refractivity contribution in [3.63, 3.8) is 0 Å². The quantitative estimate of drug-likeness (QED) is 0.375. The highest BCUT2D eigenvalue weighted by Gasteiger charge is 2.59. The molecule has 3 aromatic carbocycles. The van der Waals surface area contributed by atoms with Crippen LogP contribution in [0, 0.1) is 0 Å². The highest BCUT2D eigenvalue weighted by molar-refractivity contribution is 7.63. The molecular weight excluding hydrogens is 413 g/mol. The maximum atomic E-state index is 14.9. The van der Waals surface area contributed by atoms with Crippen LogP contribution in [0.4, 0.5) is 0 Å². The molecule has 2 fully saturated rings. The Balaban J connectivity index is 1.55. The lowest BCUT2D eigenvalue weighted by Gasteiger charge is -2.36. The molecule has 164 valence electrons. The van der Waals surface area contributed by atoms with Crippen molar-refractivity contribution in [3.8, 4) is 0 Å². The van der Waals surface area contributed by atoms with Crippen molar-refractivity contribution in [3.05, 3.63) is 108 Å². The van der Waals surface area contributed by atoms with Crippen molar-refractivity contribution in [1.82, 2.24) is 9.34 Å². The Morgan fingerprint density at radius 2 is 1.16 bits per heavy atom. The van der Waals surface area contributed by atoms with Gasteiger partial charge in [0.1, 0.15) is 0 Å².